The van der Waals surface area contributed by atoms with Crippen molar-refractivity contribution in [2.75, 3.05) is 0 Å². The highest BCUT2D eigenvalue weighted by Crippen LogP contribution is 2.32. The van der Waals surface area contributed by atoms with E-state index in [1.165, 1.54) is 17.4 Å². The molecule has 2 aromatic carbocycles. The van der Waals surface area contributed by atoms with Crippen LogP contribution >= 0.6 is 11.3 Å². The lowest BCUT2D eigenvalue weighted by Gasteiger charge is -2.12. The van der Waals surface area contributed by atoms with Crippen LogP contribution < -0.4 is 5.56 Å². The number of benzene rings is 2. The Labute approximate surface area is 180 Å². The number of thiophene rings is 1. The van der Waals surface area contributed by atoms with Crippen LogP contribution in [0, 0.1) is 0 Å². The topological polar surface area (TPSA) is 85.3 Å². The fourth-order valence-electron chi connectivity index (χ4n) is 3.54. The first-order valence-electron chi connectivity index (χ1n) is 9.56. The van der Waals surface area contributed by atoms with Crippen molar-refractivity contribution >= 4 is 27.5 Å². The van der Waals surface area contributed by atoms with Gasteiger partial charge in [-0.25, -0.2) is 9.78 Å². The zero-order valence-electron chi connectivity index (χ0n) is 16.2. The van der Waals surface area contributed by atoms with E-state index in [-0.39, 0.29) is 17.9 Å². The molecule has 0 aliphatic heterocycles. The van der Waals surface area contributed by atoms with Crippen LogP contribution in [0.1, 0.15) is 16.3 Å². The minimum absolute atomic E-state index is 0.0728. The molecule has 0 aliphatic rings. The number of aromatic carboxylic acids is 1. The molecule has 31 heavy (non-hydrogen) atoms. The van der Waals surface area contributed by atoms with Gasteiger partial charge in [0.15, 0.2) is 0 Å². The SMILES string of the molecule is O=C(O)c1ccc(Cn2c(-c3ccccc3)nc3scc(-c4ccccc4)c3c2=O)o1. The maximum atomic E-state index is 13.7. The number of hydrogen-bond acceptors (Lipinski definition) is 5. The second-order valence-corrected chi connectivity index (χ2v) is 7.82. The molecule has 5 aromatic rings. The van der Waals surface area contributed by atoms with E-state index in [9.17, 15) is 9.59 Å². The lowest BCUT2D eigenvalue weighted by Crippen LogP contribution is -2.23. The van der Waals surface area contributed by atoms with E-state index >= 15 is 0 Å². The third-order valence-electron chi connectivity index (χ3n) is 5.00. The molecule has 152 valence electrons. The molecule has 0 bridgehead atoms. The Morgan fingerprint density at radius 2 is 1.65 bits per heavy atom. The van der Waals surface area contributed by atoms with Gasteiger partial charge in [-0.2, -0.15) is 0 Å². The van der Waals surface area contributed by atoms with Gasteiger partial charge in [0.1, 0.15) is 16.4 Å². The molecular formula is C24H16N2O4S. The maximum Gasteiger partial charge on any atom is 0.371 e. The number of fused-ring (bicyclic) bond motifs is 1. The van der Waals surface area contributed by atoms with Gasteiger partial charge in [0.05, 0.1) is 11.9 Å². The molecule has 3 aromatic heterocycles. The van der Waals surface area contributed by atoms with Crippen LogP contribution in [-0.2, 0) is 6.54 Å². The van der Waals surface area contributed by atoms with Crippen molar-refractivity contribution in [1.82, 2.24) is 9.55 Å². The molecule has 3 heterocycles. The van der Waals surface area contributed by atoms with Crippen molar-refractivity contribution in [2.45, 2.75) is 6.54 Å². The summed E-state index contributed by atoms with van der Waals surface area (Å²) in [5.74, 6) is -0.444. The van der Waals surface area contributed by atoms with E-state index in [4.69, 9.17) is 14.5 Å². The number of carbonyl (C=O) groups is 1. The van der Waals surface area contributed by atoms with Crippen molar-refractivity contribution in [1.29, 1.82) is 0 Å². The van der Waals surface area contributed by atoms with Crippen molar-refractivity contribution in [3.05, 3.63) is 100 Å². The van der Waals surface area contributed by atoms with E-state index in [0.29, 0.717) is 21.8 Å². The smallest absolute Gasteiger partial charge is 0.371 e. The molecule has 0 aliphatic carbocycles. The van der Waals surface area contributed by atoms with Gasteiger partial charge in [-0.1, -0.05) is 60.7 Å². The number of carboxylic acids is 1. The summed E-state index contributed by atoms with van der Waals surface area (Å²) in [5.41, 5.74) is 2.37. The molecule has 0 amide bonds. The van der Waals surface area contributed by atoms with Gasteiger partial charge in [-0.3, -0.25) is 9.36 Å². The van der Waals surface area contributed by atoms with Crippen LogP contribution in [0.4, 0.5) is 0 Å². The van der Waals surface area contributed by atoms with Gasteiger partial charge >= 0.3 is 5.97 Å². The highest BCUT2D eigenvalue weighted by Gasteiger charge is 2.19. The lowest BCUT2D eigenvalue weighted by atomic mass is 10.1. The van der Waals surface area contributed by atoms with Gasteiger partial charge in [0.25, 0.3) is 5.56 Å². The Morgan fingerprint density at radius 1 is 0.968 bits per heavy atom. The van der Waals surface area contributed by atoms with Gasteiger partial charge in [0.2, 0.25) is 5.76 Å². The summed E-state index contributed by atoms with van der Waals surface area (Å²) in [6, 6.07) is 22.1. The molecule has 0 saturated heterocycles. The van der Waals surface area contributed by atoms with Gasteiger partial charge in [0, 0.05) is 16.5 Å². The molecule has 6 nitrogen and oxygen atoms in total. The summed E-state index contributed by atoms with van der Waals surface area (Å²) in [6.45, 7) is 0.0728. The second-order valence-electron chi connectivity index (χ2n) is 6.96. The molecule has 1 N–H and O–H groups in total. The normalized spacial score (nSPS) is 11.1. The fourth-order valence-corrected chi connectivity index (χ4v) is 4.48. The Morgan fingerprint density at radius 3 is 2.29 bits per heavy atom. The van der Waals surface area contributed by atoms with E-state index in [2.05, 4.69) is 0 Å². The Hall–Kier alpha value is -3.97. The van der Waals surface area contributed by atoms with Gasteiger partial charge in [-0.15, -0.1) is 11.3 Å². The zero-order valence-corrected chi connectivity index (χ0v) is 17.0. The predicted octanol–water partition coefficient (Wildman–Crippen LogP) is 5.13. The highest BCUT2D eigenvalue weighted by molar-refractivity contribution is 7.17. The summed E-state index contributed by atoms with van der Waals surface area (Å²) in [7, 11) is 0. The molecule has 0 unspecified atom stereocenters. The van der Waals surface area contributed by atoms with Crippen molar-refractivity contribution < 1.29 is 14.3 Å². The van der Waals surface area contributed by atoms with Crippen LogP contribution in [0.5, 0.6) is 0 Å². The van der Waals surface area contributed by atoms with E-state index in [1.807, 2.05) is 66.0 Å². The third-order valence-corrected chi connectivity index (χ3v) is 5.87. The Kier molecular flexibility index (Phi) is 4.72. The number of rotatable bonds is 5. The molecule has 5 rings (SSSR count). The van der Waals surface area contributed by atoms with Crippen LogP contribution in [0.25, 0.3) is 32.7 Å². The second kappa shape index (κ2) is 7.70. The van der Waals surface area contributed by atoms with Crippen LogP contribution in [0.15, 0.2) is 87.4 Å². The lowest BCUT2D eigenvalue weighted by molar-refractivity contribution is 0.0660. The highest BCUT2D eigenvalue weighted by atomic mass is 32.1. The standard InChI is InChI=1S/C24H16N2O4S/c27-23-20-18(15-7-3-1-4-8-15)14-31-22(20)25-21(16-9-5-2-6-10-16)26(23)13-17-11-12-19(30-17)24(28)29/h1-12,14H,13H2,(H,28,29). The molecule has 7 heteroatoms. The van der Waals surface area contributed by atoms with E-state index in [0.717, 1.165) is 16.7 Å². The summed E-state index contributed by atoms with van der Waals surface area (Å²) in [4.78, 5) is 30.4. The van der Waals surface area contributed by atoms with E-state index in [1.54, 1.807) is 10.6 Å². The van der Waals surface area contributed by atoms with Crippen molar-refractivity contribution in [3.8, 4) is 22.5 Å². The van der Waals surface area contributed by atoms with Crippen LogP contribution in [-0.4, -0.2) is 20.6 Å². The Bertz CT molecular complexity index is 1450. The maximum absolute atomic E-state index is 13.7. The van der Waals surface area contributed by atoms with Gasteiger partial charge in [-0.05, 0) is 17.7 Å². The first-order valence-corrected chi connectivity index (χ1v) is 10.4. The molecular weight excluding hydrogens is 412 g/mol. The van der Waals surface area contributed by atoms with Crippen molar-refractivity contribution in [2.24, 2.45) is 0 Å². The summed E-state index contributed by atoms with van der Waals surface area (Å²) in [6.07, 6.45) is 0. The zero-order chi connectivity index (χ0) is 21.4. The largest absolute Gasteiger partial charge is 0.475 e. The average Bonchev–Trinajstić information content (AvgIpc) is 3.44. The molecule has 0 spiro atoms. The van der Waals surface area contributed by atoms with Crippen molar-refractivity contribution in [3.63, 3.8) is 0 Å². The summed E-state index contributed by atoms with van der Waals surface area (Å²) in [5, 5.41) is 11.6. The predicted molar refractivity (Wildman–Crippen MR) is 120 cm³/mol. The monoisotopic (exact) mass is 428 g/mol. The molecule has 0 saturated carbocycles. The number of aromatic nitrogens is 2. The van der Waals surface area contributed by atoms with Gasteiger partial charge < -0.3 is 9.52 Å². The number of carboxylic acid groups (broad SMARTS) is 1. The first kappa shape index (κ1) is 19.0. The fraction of sp³-hybridized carbons (Fsp3) is 0.0417. The number of hydrogen-bond donors (Lipinski definition) is 1. The third kappa shape index (κ3) is 3.45. The minimum Gasteiger partial charge on any atom is -0.475 e. The first-order chi connectivity index (χ1) is 15.1. The Balaban J connectivity index is 1.74. The molecule has 0 radical (unpaired) electrons. The number of nitrogens with zero attached hydrogens (tertiary/aromatic N) is 2. The average molecular weight is 428 g/mol. The van der Waals surface area contributed by atoms with E-state index < -0.39 is 5.97 Å². The number of furan rings is 1. The minimum atomic E-state index is -1.15. The summed E-state index contributed by atoms with van der Waals surface area (Å²) >= 11 is 1.43. The molecule has 0 atom stereocenters. The quantitative estimate of drug-likeness (QED) is 0.419. The van der Waals surface area contributed by atoms with Crippen LogP contribution in [0.2, 0.25) is 0 Å². The summed E-state index contributed by atoms with van der Waals surface area (Å²) < 4.78 is 6.96. The van der Waals surface area contributed by atoms with Crippen LogP contribution in [0.3, 0.4) is 0 Å². The molecule has 0 fully saturated rings.